The zero-order valence-electron chi connectivity index (χ0n) is 8.34. The number of hydrogen-bond donors (Lipinski definition) is 3. The molecule has 0 spiro atoms. The lowest BCUT2D eigenvalue weighted by molar-refractivity contribution is -0.186. The number of ether oxygens (including phenoxy) is 1. The quantitative estimate of drug-likeness (QED) is 0.519. The summed E-state index contributed by atoms with van der Waals surface area (Å²) in [5.41, 5.74) is 5.64. The second-order valence-electron chi connectivity index (χ2n) is 4.11. The van der Waals surface area contributed by atoms with Crippen molar-refractivity contribution in [3.05, 3.63) is 0 Å². The molecule has 1 rings (SSSR count). The summed E-state index contributed by atoms with van der Waals surface area (Å²) >= 11 is 0. The Labute approximate surface area is 78.7 Å². The van der Waals surface area contributed by atoms with E-state index in [0.29, 0.717) is 0 Å². The Morgan fingerprint density at radius 2 is 1.77 bits per heavy atom. The molecule has 0 aromatic carbocycles. The standard InChI is InChI=1S/C9H19NO3/c1-4(2)9-8(12)7(11)6(10)5(3)13-9/h4-9,11-12H,10H2,1-3H3/t5?,6-,7-,8?,9-/m0/s1. The lowest BCUT2D eigenvalue weighted by Gasteiger charge is -2.41. The van der Waals surface area contributed by atoms with E-state index in [1.54, 1.807) is 0 Å². The van der Waals surface area contributed by atoms with Crippen molar-refractivity contribution < 1.29 is 14.9 Å². The van der Waals surface area contributed by atoms with Gasteiger partial charge in [0.2, 0.25) is 0 Å². The van der Waals surface area contributed by atoms with Crippen molar-refractivity contribution in [2.24, 2.45) is 11.7 Å². The first kappa shape index (κ1) is 10.9. The molecule has 1 heterocycles. The van der Waals surface area contributed by atoms with Crippen molar-refractivity contribution in [3.63, 3.8) is 0 Å². The molecule has 4 nitrogen and oxygen atoms in total. The summed E-state index contributed by atoms with van der Waals surface area (Å²) in [4.78, 5) is 0. The maximum absolute atomic E-state index is 9.64. The molecular formula is C9H19NO3. The predicted octanol–water partition coefficient (Wildman–Crippen LogP) is -0.521. The first-order chi connectivity index (χ1) is 5.95. The fourth-order valence-corrected chi connectivity index (χ4v) is 1.67. The second kappa shape index (κ2) is 3.92. The largest absolute Gasteiger partial charge is 0.389 e. The van der Waals surface area contributed by atoms with Gasteiger partial charge in [-0.25, -0.2) is 0 Å². The minimum atomic E-state index is -0.879. The molecule has 2 unspecified atom stereocenters. The maximum Gasteiger partial charge on any atom is 0.108 e. The first-order valence-electron chi connectivity index (χ1n) is 4.72. The molecule has 0 radical (unpaired) electrons. The van der Waals surface area contributed by atoms with Crippen LogP contribution in [0.1, 0.15) is 20.8 Å². The highest BCUT2D eigenvalue weighted by Gasteiger charge is 2.41. The van der Waals surface area contributed by atoms with Crippen molar-refractivity contribution in [2.45, 2.75) is 51.2 Å². The van der Waals surface area contributed by atoms with Gasteiger partial charge in [0.15, 0.2) is 0 Å². The molecule has 5 atom stereocenters. The minimum absolute atomic E-state index is 0.180. The van der Waals surface area contributed by atoms with Crippen LogP contribution in [0.15, 0.2) is 0 Å². The summed E-state index contributed by atoms with van der Waals surface area (Å²) in [7, 11) is 0. The number of aliphatic hydroxyl groups is 2. The van der Waals surface area contributed by atoms with Crippen LogP contribution in [0.25, 0.3) is 0 Å². The van der Waals surface area contributed by atoms with Gasteiger partial charge >= 0.3 is 0 Å². The van der Waals surface area contributed by atoms with E-state index in [0.717, 1.165) is 0 Å². The Morgan fingerprint density at radius 1 is 1.23 bits per heavy atom. The van der Waals surface area contributed by atoms with Gasteiger partial charge in [-0.05, 0) is 12.8 Å². The monoisotopic (exact) mass is 189 g/mol. The summed E-state index contributed by atoms with van der Waals surface area (Å²) in [5.74, 6) is 0.180. The van der Waals surface area contributed by atoms with E-state index >= 15 is 0 Å². The van der Waals surface area contributed by atoms with E-state index < -0.39 is 18.2 Å². The summed E-state index contributed by atoms with van der Waals surface area (Å²) in [6, 6.07) is -0.495. The Hall–Kier alpha value is -0.160. The lowest BCUT2D eigenvalue weighted by atomic mass is 9.89. The van der Waals surface area contributed by atoms with E-state index in [1.165, 1.54) is 0 Å². The average molecular weight is 189 g/mol. The number of rotatable bonds is 1. The third kappa shape index (κ3) is 2.02. The molecule has 1 saturated heterocycles. The van der Waals surface area contributed by atoms with Crippen molar-refractivity contribution in [2.75, 3.05) is 0 Å². The second-order valence-corrected chi connectivity index (χ2v) is 4.11. The Balaban J connectivity index is 2.70. The molecule has 0 aromatic heterocycles. The van der Waals surface area contributed by atoms with Gasteiger partial charge < -0.3 is 20.7 Å². The topological polar surface area (TPSA) is 75.7 Å². The van der Waals surface area contributed by atoms with Crippen LogP contribution in [0.2, 0.25) is 0 Å². The lowest BCUT2D eigenvalue weighted by Crippen LogP contribution is -2.61. The van der Waals surface area contributed by atoms with Gasteiger partial charge in [-0.15, -0.1) is 0 Å². The Bertz CT molecular complexity index is 174. The van der Waals surface area contributed by atoms with E-state index in [1.807, 2.05) is 20.8 Å². The third-order valence-corrected chi connectivity index (χ3v) is 2.65. The molecule has 13 heavy (non-hydrogen) atoms. The molecule has 0 bridgehead atoms. The van der Waals surface area contributed by atoms with Crippen LogP contribution in [0.5, 0.6) is 0 Å². The highest BCUT2D eigenvalue weighted by atomic mass is 16.5. The highest BCUT2D eigenvalue weighted by Crippen LogP contribution is 2.24. The van der Waals surface area contributed by atoms with E-state index in [2.05, 4.69) is 0 Å². The molecule has 0 amide bonds. The van der Waals surface area contributed by atoms with Crippen molar-refractivity contribution >= 4 is 0 Å². The molecule has 1 aliphatic heterocycles. The molecule has 4 N–H and O–H groups in total. The molecule has 1 aliphatic rings. The Morgan fingerprint density at radius 3 is 2.23 bits per heavy atom. The fraction of sp³-hybridized carbons (Fsp3) is 1.00. The van der Waals surface area contributed by atoms with Crippen LogP contribution < -0.4 is 5.73 Å². The average Bonchev–Trinajstić information content (AvgIpc) is 2.07. The first-order valence-corrected chi connectivity index (χ1v) is 4.72. The maximum atomic E-state index is 9.64. The van der Waals surface area contributed by atoms with Crippen LogP contribution in [0, 0.1) is 5.92 Å². The van der Waals surface area contributed by atoms with Crippen LogP contribution in [0.3, 0.4) is 0 Å². The van der Waals surface area contributed by atoms with Crippen LogP contribution in [-0.4, -0.2) is 40.7 Å². The third-order valence-electron chi connectivity index (χ3n) is 2.65. The number of hydrogen-bond acceptors (Lipinski definition) is 4. The Kier molecular flexibility index (Phi) is 3.29. The minimum Gasteiger partial charge on any atom is -0.389 e. The summed E-state index contributed by atoms with van der Waals surface area (Å²) < 4.78 is 5.51. The zero-order chi connectivity index (χ0) is 10.2. The number of nitrogens with two attached hydrogens (primary N) is 1. The van der Waals surface area contributed by atoms with Crippen LogP contribution >= 0.6 is 0 Å². The van der Waals surface area contributed by atoms with Gasteiger partial charge in [-0.2, -0.15) is 0 Å². The summed E-state index contributed by atoms with van der Waals surface area (Å²) in [5, 5.41) is 19.2. The molecule has 4 heteroatoms. The van der Waals surface area contributed by atoms with E-state index in [4.69, 9.17) is 10.5 Å². The van der Waals surface area contributed by atoms with Gasteiger partial charge in [0.25, 0.3) is 0 Å². The number of aliphatic hydroxyl groups excluding tert-OH is 2. The summed E-state index contributed by atoms with van der Waals surface area (Å²) in [6.45, 7) is 5.71. The molecule has 0 saturated carbocycles. The van der Waals surface area contributed by atoms with Gasteiger partial charge in [0, 0.05) is 0 Å². The van der Waals surface area contributed by atoms with Crippen molar-refractivity contribution in [1.29, 1.82) is 0 Å². The predicted molar refractivity (Wildman–Crippen MR) is 49.2 cm³/mol. The molecule has 1 fully saturated rings. The van der Waals surface area contributed by atoms with E-state index in [9.17, 15) is 10.2 Å². The van der Waals surface area contributed by atoms with E-state index in [-0.39, 0.29) is 18.1 Å². The zero-order valence-corrected chi connectivity index (χ0v) is 8.34. The highest BCUT2D eigenvalue weighted by molar-refractivity contribution is 4.93. The fourth-order valence-electron chi connectivity index (χ4n) is 1.67. The van der Waals surface area contributed by atoms with Crippen molar-refractivity contribution in [3.8, 4) is 0 Å². The van der Waals surface area contributed by atoms with Gasteiger partial charge in [0.05, 0.1) is 24.4 Å². The van der Waals surface area contributed by atoms with Crippen LogP contribution in [-0.2, 0) is 4.74 Å². The van der Waals surface area contributed by atoms with Crippen molar-refractivity contribution in [1.82, 2.24) is 0 Å². The molecule has 0 aromatic rings. The molecule has 78 valence electrons. The normalized spacial score (nSPS) is 46.8. The van der Waals surface area contributed by atoms with Crippen LogP contribution in [0.4, 0.5) is 0 Å². The smallest absolute Gasteiger partial charge is 0.108 e. The van der Waals surface area contributed by atoms with Gasteiger partial charge in [0.1, 0.15) is 6.10 Å². The van der Waals surface area contributed by atoms with Gasteiger partial charge in [-0.1, -0.05) is 13.8 Å². The molecule has 0 aliphatic carbocycles. The molecular weight excluding hydrogens is 170 g/mol. The summed E-state index contributed by atoms with van der Waals surface area (Å²) in [6.07, 6.45) is -2.27. The SMILES string of the molecule is CC(C)[C@@H]1OC(C)[C@H](N)[C@H](O)C1O. The van der Waals surface area contributed by atoms with Gasteiger partial charge in [-0.3, -0.25) is 0 Å².